The first-order valence-electron chi connectivity index (χ1n) is 40.3. The normalized spacial score (nSPS) is 18.2. The minimum Gasteiger partial charge on any atom is -0.870 e. The van der Waals surface area contributed by atoms with Gasteiger partial charge in [0, 0.05) is 116 Å². The molecule has 18 rings (SSSR count). The summed E-state index contributed by atoms with van der Waals surface area (Å²) in [5.41, 5.74) is 19.0. The number of halogens is 1. The first-order valence-corrected chi connectivity index (χ1v) is 41.0. The Morgan fingerprint density at radius 3 is 0.888 bits per heavy atom. The van der Waals surface area contributed by atoms with Gasteiger partial charge in [0.1, 0.15) is 87.8 Å². The number of hydrogen-bond donors (Lipinski definition) is 12. The number of nitrogens with two attached hydrogens (primary N) is 3. The van der Waals surface area contributed by atoms with Crippen molar-refractivity contribution >= 4 is 115 Å². The Kier molecular flexibility index (Phi) is 28.0. The van der Waals surface area contributed by atoms with Gasteiger partial charge >= 0.3 is 51.4 Å². The van der Waals surface area contributed by atoms with E-state index in [0.717, 1.165) is 96.4 Å². The second kappa shape index (κ2) is 37.6. The van der Waals surface area contributed by atoms with Crippen molar-refractivity contribution < 1.29 is 105 Å². The molecule has 43 nitrogen and oxygen atoms in total. The van der Waals surface area contributed by atoms with Crippen molar-refractivity contribution in [2.45, 2.75) is 127 Å². The molecule has 4 spiro atoms. The second-order valence-corrected chi connectivity index (χ2v) is 33.3. The number of hydrogen-bond acceptors (Lipinski definition) is 33. The smallest absolute Gasteiger partial charge is 0.870 e. The molecule has 660 valence electrons. The second-order valence-electron chi connectivity index (χ2n) is 32.4. The van der Waals surface area contributed by atoms with Gasteiger partial charge in [0.2, 0.25) is 34.8 Å². The van der Waals surface area contributed by atoms with Crippen LogP contribution in [0.3, 0.4) is 0 Å². The predicted molar refractivity (Wildman–Crippen MR) is 460 cm³/mol. The van der Waals surface area contributed by atoms with E-state index >= 15 is 0 Å². The number of aryl methyl sites for hydroxylation is 4. The van der Waals surface area contributed by atoms with Crippen molar-refractivity contribution in [3.8, 4) is 23.0 Å². The van der Waals surface area contributed by atoms with Gasteiger partial charge in [-0.15, -0.1) is 0 Å². The summed E-state index contributed by atoms with van der Waals surface area (Å²) >= 11 is 3.30. The van der Waals surface area contributed by atoms with E-state index in [-0.39, 0.29) is 178 Å². The topological polar surface area (TPSA) is 560 Å². The average Bonchev–Trinajstić information content (AvgIpc) is 1.60. The number of nitrogens with zero attached hydrogens (tertiary/aromatic N) is 16. The van der Waals surface area contributed by atoms with Gasteiger partial charge in [-0.3, -0.25) is 66.2 Å². The molecule has 16 N–H and O–H groups in total. The number of likely N-dealkylation sites (tertiary alicyclic amines) is 4. The van der Waals surface area contributed by atoms with Gasteiger partial charge in [0.25, 0.3) is 45.9 Å². The third-order valence-corrected chi connectivity index (χ3v) is 24.6. The number of nitrogens with one attached hydrogen (secondary N) is 9. The predicted octanol–water partition coefficient (Wildman–Crippen LogP) is 0.259. The first kappa shape index (κ1) is 93.0. The molecule has 8 aliphatic heterocycles. The number of rotatable bonds is 14. The fraction of sp³-hybridized carbons (Fsp3) is 0.475. The van der Waals surface area contributed by atoms with Crippen LogP contribution in [0.25, 0.3) is 0 Å². The van der Waals surface area contributed by atoms with Crippen LogP contribution in [0.5, 0.6) is 23.0 Å². The van der Waals surface area contributed by atoms with Crippen LogP contribution in [0.4, 0.5) is 63.6 Å². The fourth-order valence-electron chi connectivity index (χ4n) is 16.9. The van der Waals surface area contributed by atoms with Gasteiger partial charge in [0.05, 0.1) is 32.9 Å². The van der Waals surface area contributed by atoms with Crippen LogP contribution in [0.15, 0.2) is 73.2 Å². The molecule has 6 fully saturated rings. The summed E-state index contributed by atoms with van der Waals surface area (Å²) < 4.78 is 28.0. The molecule has 0 atom stereocenters. The molecule has 16 heterocycles. The van der Waals surface area contributed by atoms with Gasteiger partial charge in [-0.25, -0.2) is 39.9 Å². The molecule has 2 saturated carbocycles. The fourth-order valence-corrected chi connectivity index (χ4v) is 17.4. The first-order chi connectivity index (χ1) is 58.7. The van der Waals surface area contributed by atoms with Crippen molar-refractivity contribution in [2.75, 3.05) is 153 Å². The van der Waals surface area contributed by atoms with E-state index < -0.39 is 22.7 Å². The van der Waals surface area contributed by atoms with Gasteiger partial charge in [-0.2, -0.15) is 0 Å². The number of pyridine rings is 4. The standard InChI is InChI=1S/C22H27N7O4.2C18H23N7O3.C13H16BrN3O2.C9H12N4O2.K.H2O/c1-12-10-14(21(32)29-15(12)20(31)27-22(29)6-8-28(2)9-7-22)25-17-16(33-3)18(24-11-23-17)26-19(30)13-4-5-13;2*1-10-8-11(22-15-13(28-3)14(19)20-9-21-15)17(27)25-12(10)16(26)23-18(25)4-6-24(2)7-5-18;1-8-7-9(14)12(19)17-10(8)11(18)15-13(17)3-5-16(2)6-4-13;1-15-6-7(10)11-4-12-8(6)13-9(14)5-2-3-5;;/h10-11,13H,4-9H2,1-3H3,(H,27,31)(H2,23,24,25,26,30);2*8-9H,4-7H2,1-3H3,(H,23,26)(H3,19,20,21,22);7H,3-6H2,1-2H3,(H,15,18);4-5H,2-3H2,1H3,(H3,10,11,12,13,14);;1H2/q;;;;;+1;/p-1. The van der Waals surface area contributed by atoms with Crippen LogP contribution in [0.2, 0.25) is 0 Å². The third kappa shape index (κ3) is 18.4. The van der Waals surface area contributed by atoms with Crippen LogP contribution >= 0.6 is 15.9 Å². The van der Waals surface area contributed by atoms with E-state index in [1.54, 1.807) is 42.5 Å². The summed E-state index contributed by atoms with van der Waals surface area (Å²) in [5.74, 6) is 2.22. The molecule has 0 aromatic carbocycles. The Labute approximate surface area is 768 Å². The minimum absolute atomic E-state index is 0. The molecule has 2 aliphatic carbocycles. The molecule has 4 saturated heterocycles. The van der Waals surface area contributed by atoms with Crippen molar-refractivity contribution in [3.63, 3.8) is 0 Å². The van der Waals surface area contributed by atoms with E-state index in [1.165, 1.54) is 53.7 Å². The number of methoxy groups -OCH3 is 4. The number of ether oxygens (including phenoxy) is 4. The molecule has 0 unspecified atom stereocenters. The van der Waals surface area contributed by atoms with Gasteiger partial charge in [0.15, 0.2) is 46.5 Å². The largest absolute Gasteiger partial charge is 1.00 e. The average molecular weight is 1810 g/mol. The molecule has 8 aromatic rings. The Morgan fingerprint density at radius 1 is 0.384 bits per heavy atom. The molecular formula is C80H102BrKN28O15. The molecule has 6 amide bonds. The van der Waals surface area contributed by atoms with Crippen LogP contribution in [-0.4, -0.2) is 228 Å². The zero-order valence-electron chi connectivity index (χ0n) is 71.8. The van der Waals surface area contributed by atoms with Gasteiger partial charge in [-0.05, 0) is 144 Å². The Balaban J connectivity index is 0.000000145. The van der Waals surface area contributed by atoms with Crippen LogP contribution in [0.1, 0.15) is 141 Å². The Bertz CT molecular complexity index is 5640. The summed E-state index contributed by atoms with van der Waals surface area (Å²) in [7, 11) is 14.0. The number of carbonyl (C=O) groups excluding carboxylic acids is 6. The summed E-state index contributed by atoms with van der Waals surface area (Å²) in [6, 6.07) is 6.67. The van der Waals surface area contributed by atoms with Crippen molar-refractivity contribution in [3.05, 3.63) is 140 Å². The van der Waals surface area contributed by atoms with E-state index in [9.17, 15) is 47.9 Å². The maximum absolute atomic E-state index is 13.6. The van der Waals surface area contributed by atoms with E-state index in [2.05, 4.69) is 130 Å². The minimum atomic E-state index is -0.738. The molecule has 45 heteroatoms. The molecule has 0 radical (unpaired) electrons. The number of piperidine rings is 4. The molecular weight excluding hydrogens is 1710 g/mol. The summed E-state index contributed by atoms with van der Waals surface area (Å²) in [4.78, 5) is 168. The number of fused-ring (bicyclic) bond motifs is 8. The van der Waals surface area contributed by atoms with E-state index in [4.69, 9.17) is 36.1 Å². The van der Waals surface area contributed by atoms with Crippen molar-refractivity contribution in [2.24, 2.45) is 11.8 Å². The Hall–Kier alpha value is -11.1. The quantitative estimate of drug-likeness (QED) is 0.0650. The molecule has 125 heavy (non-hydrogen) atoms. The van der Waals surface area contributed by atoms with Crippen molar-refractivity contribution in [1.29, 1.82) is 0 Å². The number of aromatic nitrogens is 12. The van der Waals surface area contributed by atoms with Crippen molar-refractivity contribution in [1.82, 2.24) is 99.0 Å². The van der Waals surface area contributed by atoms with Crippen LogP contribution in [-0.2, 0) is 32.2 Å². The summed E-state index contributed by atoms with van der Waals surface area (Å²) in [5, 5.41) is 26.7. The monoisotopic (exact) mass is 1810 g/mol. The molecule has 10 aliphatic rings. The number of amides is 6. The maximum Gasteiger partial charge on any atom is 1.00 e. The number of carbonyl (C=O) groups is 6. The zero-order chi connectivity index (χ0) is 88.1. The van der Waals surface area contributed by atoms with Gasteiger partial charge in [-0.1, -0.05) is 0 Å². The molecule has 8 aromatic heterocycles. The summed E-state index contributed by atoms with van der Waals surface area (Å²) in [6.07, 6.45) is 14.2. The van der Waals surface area contributed by atoms with Gasteiger partial charge < -0.3 is 109 Å². The number of anilines is 11. The van der Waals surface area contributed by atoms with E-state index in [1.807, 2.05) is 48.8 Å². The van der Waals surface area contributed by atoms with E-state index in [0.29, 0.717) is 117 Å². The zero-order valence-corrected chi connectivity index (χ0v) is 76.6. The van der Waals surface area contributed by atoms with Crippen LogP contribution in [0, 0.1) is 39.5 Å². The summed E-state index contributed by atoms with van der Waals surface area (Å²) in [6.45, 7) is 13.8. The van der Waals surface area contributed by atoms with Crippen LogP contribution < -0.4 is 158 Å². The maximum atomic E-state index is 13.6. The third-order valence-electron chi connectivity index (χ3n) is 24.0. The Morgan fingerprint density at radius 2 is 0.616 bits per heavy atom. The number of nitrogen functional groups attached to an aromatic ring is 3. The molecule has 0 bridgehead atoms. The SMILES string of the molecule is COc1c(N)ncnc1NC(=O)C1CC1.COc1c(N)ncnc1Nc1cc(C)c2n(c1=O)C1(CCN(C)CC1)NC2=O.COc1c(N)ncnc1Nc1cc(C)c2n(c1=O)C1(CCN(C)CC1)NC2=O.COc1c(NC(=O)C2CC2)ncnc1Nc1cc(C)c2n(c1=O)C1(CCN(C)CC1)NC2=O.Cc1cc(Br)c(=O)n2c1C(=O)NC21CCN(C)CC1.[K+].[OH-].